The summed E-state index contributed by atoms with van der Waals surface area (Å²) in [6.45, 7) is 1.90. The van der Waals surface area contributed by atoms with Crippen LogP contribution in [0.25, 0.3) is 6.08 Å². The van der Waals surface area contributed by atoms with Gasteiger partial charge in [-0.1, -0.05) is 30.3 Å². The van der Waals surface area contributed by atoms with E-state index in [9.17, 15) is 5.21 Å². The average molecular weight is 175 g/mol. The van der Waals surface area contributed by atoms with Crippen LogP contribution >= 0.6 is 0 Å². The molecule has 0 aliphatic rings. The molecule has 2 nitrogen and oxygen atoms in total. The number of nitrogens with zero attached hydrogens (tertiary/aromatic N) is 1. The Bertz CT molecular complexity index is 321. The monoisotopic (exact) mass is 175 g/mol. The van der Waals surface area contributed by atoms with E-state index < -0.39 is 0 Å². The lowest BCUT2D eigenvalue weighted by atomic mass is 10.1. The van der Waals surface area contributed by atoms with Crippen molar-refractivity contribution in [2.45, 2.75) is 6.92 Å². The molecule has 0 aliphatic heterocycles. The lowest BCUT2D eigenvalue weighted by Crippen LogP contribution is -1.96. The predicted octanol–water partition coefficient (Wildman–Crippen LogP) is 2.30. The first-order chi connectivity index (χ1) is 6.18. The fourth-order valence-corrected chi connectivity index (χ4v) is 1.14. The highest BCUT2D eigenvalue weighted by Gasteiger charge is 1.89. The van der Waals surface area contributed by atoms with Gasteiger partial charge in [0.25, 0.3) is 0 Å². The summed E-state index contributed by atoms with van der Waals surface area (Å²) in [4.78, 5) is 0. The fraction of sp³-hybridized carbons (Fsp3) is 0.182. The first-order valence-corrected chi connectivity index (χ1v) is 4.16. The molecule has 1 rings (SSSR count). The molecule has 0 unspecified atom stereocenters. The molecule has 0 N–H and O–H groups in total. The van der Waals surface area contributed by atoms with Crippen LogP contribution in [0.15, 0.2) is 35.9 Å². The number of rotatable bonds is 2. The summed E-state index contributed by atoms with van der Waals surface area (Å²) in [5, 5.41) is 10.7. The molecular weight excluding hydrogens is 162 g/mol. The van der Waals surface area contributed by atoms with Gasteiger partial charge in [0.1, 0.15) is 7.05 Å². The Morgan fingerprint density at radius 2 is 1.92 bits per heavy atom. The molecule has 0 saturated heterocycles. The summed E-state index contributed by atoms with van der Waals surface area (Å²) in [5.41, 5.74) is 2.06. The van der Waals surface area contributed by atoms with E-state index in [2.05, 4.69) is 0 Å². The van der Waals surface area contributed by atoms with E-state index in [4.69, 9.17) is 0 Å². The Kier molecular flexibility index (Phi) is 3.26. The summed E-state index contributed by atoms with van der Waals surface area (Å²) in [6.07, 6.45) is 3.52. The predicted molar refractivity (Wildman–Crippen MR) is 55.7 cm³/mol. The van der Waals surface area contributed by atoms with E-state index >= 15 is 0 Å². The maximum atomic E-state index is 10.7. The highest BCUT2D eigenvalue weighted by molar-refractivity contribution is 5.81. The van der Waals surface area contributed by atoms with Gasteiger partial charge in [0.05, 0.1) is 0 Å². The maximum Gasteiger partial charge on any atom is 0.177 e. The minimum absolute atomic E-state index is 0.800. The SMILES string of the molecule is CC(=C/c1ccccc1)/C=[N+](/C)[O-]. The molecular formula is C11H13NO. The van der Waals surface area contributed by atoms with Gasteiger partial charge in [-0.3, -0.25) is 0 Å². The second-order valence-electron chi connectivity index (χ2n) is 2.97. The van der Waals surface area contributed by atoms with Gasteiger partial charge >= 0.3 is 0 Å². The van der Waals surface area contributed by atoms with Crippen LogP contribution in [-0.4, -0.2) is 18.0 Å². The number of hydrogen-bond acceptors (Lipinski definition) is 1. The molecule has 2 heteroatoms. The smallest absolute Gasteiger partial charge is 0.177 e. The molecule has 1 aromatic carbocycles. The van der Waals surface area contributed by atoms with Crippen LogP contribution in [0.4, 0.5) is 0 Å². The van der Waals surface area contributed by atoms with Crippen LogP contribution in [0, 0.1) is 5.21 Å². The van der Waals surface area contributed by atoms with Crippen molar-refractivity contribution in [2.75, 3.05) is 7.05 Å². The molecule has 0 atom stereocenters. The standard InChI is InChI=1S/C11H13NO/c1-10(9-12(2)13)8-11-6-4-3-5-7-11/h3-9H,1-2H3/b10-8-,12-9-. The molecule has 0 spiro atoms. The summed E-state index contributed by atoms with van der Waals surface area (Å²) in [7, 11) is 1.47. The van der Waals surface area contributed by atoms with Crippen LogP contribution in [-0.2, 0) is 0 Å². The van der Waals surface area contributed by atoms with E-state index in [0.717, 1.165) is 15.9 Å². The summed E-state index contributed by atoms with van der Waals surface area (Å²) >= 11 is 0. The minimum Gasteiger partial charge on any atom is -0.624 e. The topological polar surface area (TPSA) is 26.1 Å². The van der Waals surface area contributed by atoms with Gasteiger partial charge in [-0.2, -0.15) is 0 Å². The molecule has 0 fully saturated rings. The molecule has 13 heavy (non-hydrogen) atoms. The highest BCUT2D eigenvalue weighted by atomic mass is 16.5. The molecule has 0 aromatic heterocycles. The molecule has 0 radical (unpaired) electrons. The summed E-state index contributed by atoms with van der Waals surface area (Å²) < 4.78 is 0.800. The number of hydrogen-bond donors (Lipinski definition) is 0. The third-order valence-corrected chi connectivity index (χ3v) is 1.58. The number of allylic oxidation sites excluding steroid dienone is 1. The van der Waals surface area contributed by atoms with Gasteiger partial charge in [0, 0.05) is 5.57 Å². The van der Waals surface area contributed by atoms with Crippen molar-refractivity contribution in [3.05, 3.63) is 46.7 Å². The van der Waals surface area contributed by atoms with Gasteiger partial charge in [0.15, 0.2) is 6.21 Å². The van der Waals surface area contributed by atoms with Crippen molar-refractivity contribution >= 4 is 12.3 Å². The van der Waals surface area contributed by atoms with Gasteiger partial charge < -0.3 is 5.21 Å². The van der Waals surface area contributed by atoms with E-state index in [-0.39, 0.29) is 0 Å². The van der Waals surface area contributed by atoms with Gasteiger partial charge in [-0.25, -0.2) is 4.74 Å². The average Bonchev–Trinajstić information content (AvgIpc) is 2.04. The second-order valence-corrected chi connectivity index (χ2v) is 2.97. The molecule has 0 bridgehead atoms. The minimum atomic E-state index is 0.800. The lowest BCUT2D eigenvalue weighted by Gasteiger charge is -1.96. The Morgan fingerprint density at radius 3 is 2.46 bits per heavy atom. The molecule has 68 valence electrons. The van der Waals surface area contributed by atoms with Crippen molar-refractivity contribution in [1.82, 2.24) is 0 Å². The van der Waals surface area contributed by atoms with Crippen molar-refractivity contribution in [2.24, 2.45) is 0 Å². The second kappa shape index (κ2) is 4.45. The third-order valence-electron chi connectivity index (χ3n) is 1.58. The molecule has 0 aliphatic carbocycles. The zero-order valence-electron chi connectivity index (χ0n) is 7.90. The van der Waals surface area contributed by atoms with E-state index in [1.165, 1.54) is 7.05 Å². The zero-order chi connectivity index (χ0) is 9.68. The van der Waals surface area contributed by atoms with E-state index in [1.54, 1.807) is 6.21 Å². The normalized spacial score (nSPS) is 13.1. The van der Waals surface area contributed by atoms with E-state index in [1.807, 2.05) is 43.3 Å². The van der Waals surface area contributed by atoms with Gasteiger partial charge in [0.2, 0.25) is 0 Å². The van der Waals surface area contributed by atoms with Crippen LogP contribution in [0.2, 0.25) is 0 Å². The van der Waals surface area contributed by atoms with Crippen LogP contribution in [0.5, 0.6) is 0 Å². The number of benzene rings is 1. The van der Waals surface area contributed by atoms with Crippen LogP contribution in [0.1, 0.15) is 12.5 Å². The van der Waals surface area contributed by atoms with E-state index in [0.29, 0.717) is 0 Å². The fourth-order valence-electron chi connectivity index (χ4n) is 1.14. The van der Waals surface area contributed by atoms with Crippen molar-refractivity contribution in [1.29, 1.82) is 0 Å². The van der Waals surface area contributed by atoms with Gasteiger partial charge in [-0.15, -0.1) is 0 Å². The largest absolute Gasteiger partial charge is 0.624 e. The third kappa shape index (κ3) is 3.56. The summed E-state index contributed by atoms with van der Waals surface area (Å²) in [6, 6.07) is 9.92. The van der Waals surface area contributed by atoms with Crippen LogP contribution < -0.4 is 0 Å². The van der Waals surface area contributed by atoms with Crippen molar-refractivity contribution in [3.8, 4) is 0 Å². The number of hydroxylamine groups is 1. The molecule has 0 amide bonds. The lowest BCUT2D eigenvalue weighted by molar-refractivity contribution is -0.416. The molecule has 0 saturated carbocycles. The highest BCUT2D eigenvalue weighted by Crippen LogP contribution is 2.03. The quantitative estimate of drug-likeness (QED) is 0.293. The Hall–Kier alpha value is -1.57. The maximum absolute atomic E-state index is 10.7. The summed E-state index contributed by atoms with van der Waals surface area (Å²) in [5.74, 6) is 0. The Balaban J connectivity index is 2.83. The van der Waals surface area contributed by atoms with Crippen molar-refractivity contribution in [3.63, 3.8) is 0 Å². The first-order valence-electron chi connectivity index (χ1n) is 4.16. The molecule has 0 heterocycles. The van der Waals surface area contributed by atoms with Crippen molar-refractivity contribution < 1.29 is 4.74 Å². The van der Waals surface area contributed by atoms with Crippen LogP contribution in [0.3, 0.4) is 0 Å². The molecule has 1 aromatic rings. The Morgan fingerprint density at radius 1 is 1.31 bits per heavy atom. The first kappa shape index (κ1) is 9.52. The zero-order valence-corrected chi connectivity index (χ0v) is 7.90. The Labute approximate surface area is 78.4 Å². The van der Waals surface area contributed by atoms with Gasteiger partial charge in [-0.05, 0) is 18.6 Å².